The van der Waals surface area contributed by atoms with Gasteiger partial charge in [0.2, 0.25) is 0 Å². The monoisotopic (exact) mass is 133 g/mol. The quantitative estimate of drug-likeness (QED) is 0.520. The number of allylic oxidation sites excluding steroid dienone is 4. The van der Waals surface area contributed by atoms with Gasteiger partial charge in [-0.3, -0.25) is 0 Å². The van der Waals surface area contributed by atoms with Crippen molar-refractivity contribution in [3.05, 3.63) is 30.0 Å². The summed E-state index contributed by atoms with van der Waals surface area (Å²) in [6, 6.07) is 0. The van der Waals surface area contributed by atoms with Gasteiger partial charge in [-0.25, -0.2) is 4.99 Å². The van der Waals surface area contributed by atoms with Crippen LogP contribution >= 0.6 is 0 Å². The van der Waals surface area contributed by atoms with Crippen LogP contribution in [0.2, 0.25) is 0 Å². The smallest absolute Gasteiger partial charge is 0.0402 e. The van der Waals surface area contributed by atoms with Crippen LogP contribution in [0.4, 0.5) is 0 Å². The molecule has 1 heterocycles. The van der Waals surface area contributed by atoms with Crippen LogP contribution in [0.25, 0.3) is 0 Å². The van der Waals surface area contributed by atoms with Crippen molar-refractivity contribution >= 4 is 5.87 Å². The molecule has 0 radical (unpaired) electrons. The summed E-state index contributed by atoms with van der Waals surface area (Å²) in [6.45, 7) is 4.30. The van der Waals surface area contributed by atoms with Crippen LogP contribution in [-0.2, 0) is 0 Å². The van der Waals surface area contributed by atoms with Gasteiger partial charge in [0.25, 0.3) is 0 Å². The molecule has 52 valence electrons. The molecule has 0 aliphatic carbocycles. The predicted octanol–water partition coefficient (Wildman–Crippen LogP) is 2.32. The molecule has 0 amide bonds. The second-order valence-corrected chi connectivity index (χ2v) is 2.57. The Morgan fingerprint density at radius 1 is 1.50 bits per heavy atom. The Hall–Kier alpha value is -1.07. The Morgan fingerprint density at radius 2 is 2.30 bits per heavy atom. The average Bonchev–Trinajstić information content (AvgIpc) is 2.12. The van der Waals surface area contributed by atoms with Crippen LogP contribution < -0.4 is 0 Å². The van der Waals surface area contributed by atoms with Crippen molar-refractivity contribution in [3.8, 4) is 0 Å². The lowest BCUT2D eigenvalue weighted by Crippen LogP contribution is -1.88. The molecule has 0 aromatic rings. The van der Waals surface area contributed by atoms with Crippen molar-refractivity contribution in [1.82, 2.24) is 0 Å². The topological polar surface area (TPSA) is 12.4 Å². The highest BCUT2D eigenvalue weighted by Gasteiger charge is 1.97. The zero-order chi connectivity index (χ0) is 7.40. The molecule has 0 aromatic carbocycles. The lowest BCUT2D eigenvalue weighted by Gasteiger charge is -2.01. The third-order valence-corrected chi connectivity index (χ3v) is 1.41. The molecule has 0 saturated carbocycles. The molecule has 0 unspecified atom stereocenters. The summed E-state index contributed by atoms with van der Waals surface area (Å²) in [5.41, 5.74) is 1.25. The van der Waals surface area contributed by atoms with Gasteiger partial charge in [-0.2, -0.15) is 0 Å². The molecule has 1 aliphatic heterocycles. The standard InChI is InChI=1S/C9H11N/c1-8(2)9-5-3-4-6-10-7-9/h3-5,7-8H,1-2H3. The molecule has 0 spiro atoms. The van der Waals surface area contributed by atoms with E-state index in [0.29, 0.717) is 5.92 Å². The van der Waals surface area contributed by atoms with Gasteiger partial charge in [0, 0.05) is 6.20 Å². The first-order valence-corrected chi connectivity index (χ1v) is 3.46. The molecule has 0 bridgehead atoms. The molecule has 1 rings (SSSR count). The van der Waals surface area contributed by atoms with Gasteiger partial charge in [0.15, 0.2) is 0 Å². The minimum Gasteiger partial charge on any atom is -0.214 e. The highest BCUT2D eigenvalue weighted by Crippen LogP contribution is 2.11. The molecule has 0 atom stereocenters. The lowest BCUT2D eigenvalue weighted by atomic mass is 10.0. The van der Waals surface area contributed by atoms with Crippen LogP contribution in [0.5, 0.6) is 0 Å². The summed E-state index contributed by atoms with van der Waals surface area (Å²) in [5, 5.41) is 0. The van der Waals surface area contributed by atoms with E-state index < -0.39 is 0 Å². The predicted molar refractivity (Wildman–Crippen MR) is 44.1 cm³/mol. The number of rotatable bonds is 1. The summed E-state index contributed by atoms with van der Waals surface area (Å²) in [5.74, 6) is 3.32. The number of hydrogen-bond acceptors (Lipinski definition) is 1. The van der Waals surface area contributed by atoms with E-state index in [2.05, 4.69) is 30.8 Å². The molecule has 0 aromatic heterocycles. The van der Waals surface area contributed by atoms with Gasteiger partial charge in [-0.05, 0) is 23.4 Å². The number of aliphatic imine (C=N–C) groups is 1. The van der Waals surface area contributed by atoms with Crippen molar-refractivity contribution in [3.63, 3.8) is 0 Å². The largest absolute Gasteiger partial charge is 0.214 e. The second kappa shape index (κ2) is 3.19. The first-order chi connectivity index (χ1) is 4.80. The van der Waals surface area contributed by atoms with Crippen molar-refractivity contribution in [2.75, 3.05) is 0 Å². The number of nitrogens with zero attached hydrogens (tertiary/aromatic N) is 1. The van der Waals surface area contributed by atoms with Gasteiger partial charge < -0.3 is 0 Å². The van der Waals surface area contributed by atoms with Gasteiger partial charge >= 0.3 is 0 Å². The SMILES string of the molecule is CC(C)C1=CN=C=CC=C1. The van der Waals surface area contributed by atoms with Crippen LogP contribution in [0.1, 0.15) is 13.8 Å². The maximum atomic E-state index is 3.94. The van der Waals surface area contributed by atoms with Gasteiger partial charge in [0.1, 0.15) is 0 Å². The Labute approximate surface area is 61.5 Å². The highest BCUT2D eigenvalue weighted by atomic mass is 14.6. The second-order valence-electron chi connectivity index (χ2n) is 2.57. The van der Waals surface area contributed by atoms with Crippen molar-refractivity contribution in [2.45, 2.75) is 13.8 Å². The first-order valence-electron chi connectivity index (χ1n) is 3.46. The minimum absolute atomic E-state index is 0.549. The normalized spacial score (nSPS) is 15.7. The summed E-state index contributed by atoms with van der Waals surface area (Å²) >= 11 is 0. The van der Waals surface area contributed by atoms with Crippen LogP contribution in [-0.4, -0.2) is 5.87 Å². The third kappa shape index (κ3) is 1.71. The summed E-state index contributed by atoms with van der Waals surface area (Å²) in [7, 11) is 0. The molecule has 1 nitrogen and oxygen atoms in total. The van der Waals surface area contributed by atoms with E-state index in [1.807, 2.05) is 18.4 Å². The van der Waals surface area contributed by atoms with Crippen LogP contribution in [0.3, 0.4) is 0 Å². The minimum atomic E-state index is 0.549. The fourth-order valence-electron chi connectivity index (χ4n) is 0.742. The highest BCUT2D eigenvalue weighted by molar-refractivity contribution is 5.57. The summed E-state index contributed by atoms with van der Waals surface area (Å²) in [6.07, 6.45) is 7.69. The van der Waals surface area contributed by atoms with Crippen molar-refractivity contribution in [1.29, 1.82) is 0 Å². The molecule has 0 saturated heterocycles. The van der Waals surface area contributed by atoms with Gasteiger partial charge in [0.05, 0.1) is 0 Å². The van der Waals surface area contributed by atoms with E-state index in [0.717, 1.165) is 0 Å². The maximum Gasteiger partial charge on any atom is 0.0402 e. The van der Waals surface area contributed by atoms with E-state index >= 15 is 0 Å². The van der Waals surface area contributed by atoms with E-state index in [-0.39, 0.29) is 0 Å². The molecular formula is C9H11N. The molecule has 1 heteroatoms. The lowest BCUT2D eigenvalue weighted by molar-refractivity contribution is 0.789. The van der Waals surface area contributed by atoms with Gasteiger partial charge in [-0.1, -0.05) is 26.0 Å². The van der Waals surface area contributed by atoms with E-state index in [1.54, 1.807) is 0 Å². The molecule has 0 N–H and O–H groups in total. The van der Waals surface area contributed by atoms with Gasteiger partial charge in [-0.15, -0.1) is 0 Å². The Kier molecular flexibility index (Phi) is 2.24. The van der Waals surface area contributed by atoms with Crippen LogP contribution in [0.15, 0.2) is 35.0 Å². The average molecular weight is 133 g/mol. The maximum absolute atomic E-state index is 3.94. The molecule has 10 heavy (non-hydrogen) atoms. The zero-order valence-electron chi connectivity index (χ0n) is 6.33. The Balaban J connectivity index is 2.81. The Bertz CT molecular complexity index is 225. The molecule has 0 fully saturated rings. The zero-order valence-corrected chi connectivity index (χ0v) is 6.33. The molecule has 1 aliphatic rings. The summed E-state index contributed by atoms with van der Waals surface area (Å²) < 4.78 is 0. The van der Waals surface area contributed by atoms with Crippen molar-refractivity contribution < 1.29 is 0 Å². The molecular weight excluding hydrogens is 122 g/mol. The fraction of sp³-hybridized carbons (Fsp3) is 0.333. The third-order valence-electron chi connectivity index (χ3n) is 1.41. The first kappa shape index (κ1) is 7.04. The van der Waals surface area contributed by atoms with E-state index in [9.17, 15) is 0 Å². The number of hydrogen-bond donors (Lipinski definition) is 0. The summed E-state index contributed by atoms with van der Waals surface area (Å²) in [4.78, 5) is 3.94. The van der Waals surface area contributed by atoms with Crippen LogP contribution in [0, 0.1) is 5.92 Å². The Morgan fingerprint density at radius 3 is 3.00 bits per heavy atom. The fourth-order valence-corrected chi connectivity index (χ4v) is 0.742. The van der Waals surface area contributed by atoms with Crippen molar-refractivity contribution in [2.24, 2.45) is 10.9 Å². The van der Waals surface area contributed by atoms with E-state index in [1.165, 1.54) is 5.57 Å². The van der Waals surface area contributed by atoms with E-state index in [4.69, 9.17) is 0 Å².